The van der Waals surface area contributed by atoms with Gasteiger partial charge < -0.3 is 9.64 Å². The summed E-state index contributed by atoms with van der Waals surface area (Å²) in [5.74, 6) is 0.790. The number of nitrogens with zero attached hydrogens (tertiary/aromatic N) is 1. The Morgan fingerprint density at radius 2 is 1.68 bits per heavy atom. The van der Waals surface area contributed by atoms with Crippen molar-refractivity contribution in [3.05, 3.63) is 72.3 Å². The summed E-state index contributed by atoms with van der Waals surface area (Å²) in [5.41, 5.74) is 3.21. The standard InChI is InChI=1S/C22H21NO2/c1-23(2)22(24)15-14-21-19-7-5-4-6-16(19)10-13-20(21)17-8-11-18(25-3)12-9-17/h4-15H,1-3H3/b15-14+. The molecule has 0 spiro atoms. The van der Waals surface area contributed by atoms with E-state index in [-0.39, 0.29) is 5.91 Å². The zero-order valence-corrected chi connectivity index (χ0v) is 14.7. The molecule has 0 atom stereocenters. The first-order valence-electron chi connectivity index (χ1n) is 8.15. The van der Waals surface area contributed by atoms with E-state index in [0.29, 0.717) is 0 Å². The van der Waals surface area contributed by atoms with E-state index in [2.05, 4.69) is 24.3 Å². The highest BCUT2D eigenvalue weighted by Crippen LogP contribution is 2.32. The summed E-state index contributed by atoms with van der Waals surface area (Å²) in [6.07, 6.45) is 3.53. The Bertz CT molecular complexity index is 924. The Morgan fingerprint density at radius 3 is 2.36 bits per heavy atom. The number of benzene rings is 3. The molecular weight excluding hydrogens is 310 g/mol. The topological polar surface area (TPSA) is 29.5 Å². The highest BCUT2D eigenvalue weighted by Gasteiger charge is 2.09. The summed E-state index contributed by atoms with van der Waals surface area (Å²) >= 11 is 0. The Morgan fingerprint density at radius 1 is 0.960 bits per heavy atom. The van der Waals surface area contributed by atoms with Crippen LogP contribution in [0.4, 0.5) is 0 Å². The predicted molar refractivity (Wildman–Crippen MR) is 104 cm³/mol. The lowest BCUT2D eigenvalue weighted by Gasteiger charge is -2.12. The van der Waals surface area contributed by atoms with Gasteiger partial charge in [0.1, 0.15) is 5.75 Å². The number of carbonyl (C=O) groups excluding carboxylic acids is 1. The number of likely N-dealkylation sites (N-methyl/N-ethyl adjacent to an activating group) is 1. The van der Waals surface area contributed by atoms with Gasteiger partial charge in [0.15, 0.2) is 0 Å². The zero-order chi connectivity index (χ0) is 17.8. The number of rotatable bonds is 4. The number of hydrogen-bond acceptors (Lipinski definition) is 2. The van der Waals surface area contributed by atoms with E-state index in [1.807, 2.05) is 42.5 Å². The molecule has 3 aromatic carbocycles. The maximum Gasteiger partial charge on any atom is 0.246 e. The molecule has 0 unspecified atom stereocenters. The summed E-state index contributed by atoms with van der Waals surface area (Å²) in [6, 6.07) is 20.4. The lowest BCUT2D eigenvalue weighted by Crippen LogP contribution is -2.18. The summed E-state index contributed by atoms with van der Waals surface area (Å²) in [7, 11) is 5.16. The van der Waals surface area contributed by atoms with Gasteiger partial charge in [-0.15, -0.1) is 0 Å². The van der Waals surface area contributed by atoms with Crippen molar-refractivity contribution in [2.45, 2.75) is 0 Å². The van der Waals surface area contributed by atoms with Crippen LogP contribution in [0.1, 0.15) is 5.56 Å². The third kappa shape index (κ3) is 3.56. The quantitative estimate of drug-likeness (QED) is 0.653. The Balaban J connectivity index is 2.16. The van der Waals surface area contributed by atoms with E-state index >= 15 is 0 Å². The average Bonchev–Trinajstić information content (AvgIpc) is 2.65. The smallest absolute Gasteiger partial charge is 0.246 e. The molecular formula is C22H21NO2. The van der Waals surface area contributed by atoms with E-state index in [4.69, 9.17) is 4.74 Å². The number of hydrogen-bond donors (Lipinski definition) is 0. The van der Waals surface area contributed by atoms with Crippen molar-refractivity contribution in [3.63, 3.8) is 0 Å². The molecule has 0 fully saturated rings. The lowest BCUT2D eigenvalue weighted by molar-refractivity contribution is -0.123. The molecule has 0 heterocycles. The molecule has 1 amide bonds. The van der Waals surface area contributed by atoms with Gasteiger partial charge in [-0.05, 0) is 45.7 Å². The second kappa shape index (κ2) is 7.22. The van der Waals surface area contributed by atoms with Crippen molar-refractivity contribution in [1.29, 1.82) is 0 Å². The fourth-order valence-corrected chi connectivity index (χ4v) is 2.80. The van der Waals surface area contributed by atoms with Gasteiger partial charge in [0.2, 0.25) is 5.91 Å². The van der Waals surface area contributed by atoms with Crippen LogP contribution in [0.25, 0.3) is 28.0 Å². The molecule has 25 heavy (non-hydrogen) atoms. The molecule has 126 valence electrons. The van der Waals surface area contributed by atoms with Gasteiger partial charge in [0, 0.05) is 20.2 Å². The molecule has 3 aromatic rings. The minimum Gasteiger partial charge on any atom is -0.497 e. The van der Waals surface area contributed by atoms with Gasteiger partial charge in [-0.3, -0.25) is 4.79 Å². The van der Waals surface area contributed by atoms with Crippen LogP contribution >= 0.6 is 0 Å². The number of amides is 1. The molecule has 3 nitrogen and oxygen atoms in total. The second-order valence-corrected chi connectivity index (χ2v) is 6.04. The van der Waals surface area contributed by atoms with Gasteiger partial charge in [-0.25, -0.2) is 0 Å². The number of methoxy groups -OCH3 is 1. The highest BCUT2D eigenvalue weighted by atomic mass is 16.5. The maximum atomic E-state index is 12.0. The molecule has 0 N–H and O–H groups in total. The van der Waals surface area contributed by atoms with Gasteiger partial charge in [0.25, 0.3) is 0 Å². The highest BCUT2D eigenvalue weighted by molar-refractivity contribution is 6.01. The summed E-state index contributed by atoms with van der Waals surface area (Å²) < 4.78 is 5.25. The minimum absolute atomic E-state index is 0.0337. The van der Waals surface area contributed by atoms with E-state index in [9.17, 15) is 4.79 Å². The van der Waals surface area contributed by atoms with Gasteiger partial charge in [0.05, 0.1) is 7.11 Å². The van der Waals surface area contributed by atoms with Crippen LogP contribution in [0.5, 0.6) is 5.75 Å². The predicted octanol–water partition coefficient (Wildman–Crippen LogP) is 4.62. The van der Waals surface area contributed by atoms with Crippen LogP contribution in [0.3, 0.4) is 0 Å². The molecule has 3 heteroatoms. The van der Waals surface area contributed by atoms with Crippen molar-refractivity contribution in [1.82, 2.24) is 4.90 Å². The molecule has 0 saturated carbocycles. The Hall–Kier alpha value is -3.07. The van der Waals surface area contributed by atoms with E-state index in [0.717, 1.165) is 33.2 Å². The first kappa shape index (κ1) is 16.8. The average molecular weight is 331 g/mol. The van der Waals surface area contributed by atoms with E-state index < -0.39 is 0 Å². The monoisotopic (exact) mass is 331 g/mol. The molecule has 0 saturated heterocycles. The van der Waals surface area contributed by atoms with Crippen molar-refractivity contribution in [3.8, 4) is 16.9 Å². The fourth-order valence-electron chi connectivity index (χ4n) is 2.80. The summed E-state index contributed by atoms with van der Waals surface area (Å²) in [4.78, 5) is 13.6. The largest absolute Gasteiger partial charge is 0.497 e. The first-order chi connectivity index (χ1) is 12.1. The number of fused-ring (bicyclic) bond motifs is 1. The van der Waals surface area contributed by atoms with Crippen LogP contribution in [0.2, 0.25) is 0 Å². The van der Waals surface area contributed by atoms with Crippen LogP contribution in [0.15, 0.2) is 66.7 Å². The summed E-state index contributed by atoms with van der Waals surface area (Å²) in [6.45, 7) is 0. The number of ether oxygens (including phenoxy) is 1. The lowest BCUT2D eigenvalue weighted by atomic mass is 9.94. The van der Waals surface area contributed by atoms with E-state index in [1.54, 1.807) is 32.2 Å². The van der Waals surface area contributed by atoms with Crippen molar-refractivity contribution >= 4 is 22.8 Å². The van der Waals surface area contributed by atoms with Crippen LogP contribution in [0, 0.1) is 0 Å². The second-order valence-electron chi connectivity index (χ2n) is 6.04. The Kier molecular flexibility index (Phi) is 4.85. The maximum absolute atomic E-state index is 12.0. The van der Waals surface area contributed by atoms with Crippen molar-refractivity contribution < 1.29 is 9.53 Å². The molecule has 0 bridgehead atoms. The third-order valence-electron chi connectivity index (χ3n) is 4.21. The molecule has 0 aliphatic rings. The molecule has 3 rings (SSSR count). The number of carbonyl (C=O) groups is 1. The first-order valence-corrected chi connectivity index (χ1v) is 8.15. The SMILES string of the molecule is COc1ccc(-c2ccc3ccccc3c2/C=C/C(=O)N(C)C)cc1. The molecule has 0 radical (unpaired) electrons. The normalized spacial score (nSPS) is 11.0. The van der Waals surface area contributed by atoms with Crippen molar-refractivity contribution in [2.75, 3.05) is 21.2 Å². The Labute approximate surface area is 148 Å². The van der Waals surface area contributed by atoms with Gasteiger partial charge in [-0.2, -0.15) is 0 Å². The minimum atomic E-state index is -0.0337. The molecule has 0 aromatic heterocycles. The zero-order valence-electron chi connectivity index (χ0n) is 14.7. The summed E-state index contributed by atoms with van der Waals surface area (Å²) in [5, 5.41) is 2.27. The van der Waals surface area contributed by atoms with Crippen LogP contribution < -0.4 is 4.74 Å². The van der Waals surface area contributed by atoms with Gasteiger partial charge >= 0.3 is 0 Å². The molecule has 0 aliphatic heterocycles. The van der Waals surface area contributed by atoms with Crippen molar-refractivity contribution in [2.24, 2.45) is 0 Å². The fraction of sp³-hybridized carbons (Fsp3) is 0.136. The van der Waals surface area contributed by atoms with Crippen LogP contribution in [-0.4, -0.2) is 32.0 Å². The third-order valence-corrected chi connectivity index (χ3v) is 4.21. The van der Waals surface area contributed by atoms with Gasteiger partial charge in [-0.1, -0.05) is 48.5 Å². The van der Waals surface area contributed by atoms with Crippen LogP contribution in [-0.2, 0) is 4.79 Å². The van der Waals surface area contributed by atoms with E-state index in [1.165, 1.54) is 0 Å². The molecule has 0 aliphatic carbocycles.